The second-order valence-corrected chi connectivity index (χ2v) is 10.3. The average Bonchev–Trinajstić information content (AvgIpc) is 3.01. The summed E-state index contributed by atoms with van der Waals surface area (Å²) in [5.74, 6) is 1.76. The Balaban J connectivity index is 1.62. The predicted molar refractivity (Wildman–Crippen MR) is 114 cm³/mol. The van der Waals surface area contributed by atoms with Gasteiger partial charge in [-0.05, 0) is 78.6 Å². The maximum absolute atomic E-state index is 12.6. The monoisotopic (exact) mass is 392 g/mol. The van der Waals surface area contributed by atoms with E-state index in [0.29, 0.717) is 17.8 Å². The lowest BCUT2D eigenvalue weighted by molar-refractivity contribution is -0.135. The summed E-state index contributed by atoms with van der Waals surface area (Å²) >= 11 is 0. The number of nitrogens with zero attached hydrogens (tertiary/aromatic N) is 2. The molecule has 0 spiro atoms. The average molecular weight is 393 g/mol. The zero-order valence-electron chi connectivity index (χ0n) is 17.7. The van der Waals surface area contributed by atoms with E-state index in [4.69, 9.17) is 0 Å². The maximum Gasteiger partial charge on any atom is 0.246 e. The largest absolute Gasteiger partial charge is 0.393 e. The fourth-order valence-electron chi connectivity index (χ4n) is 7.49. The summed E-state index contributed by atoms with van der Waals surface area (Å²) in [5, 5.41) is 10.8. The quantitative estimate of drug-likeness (QED) is 0.784. The van der Waals surface area contributed by atoms with Crippen molar-refractivity contribution in [1.29, 1.82) is 0 Å². The number of hydrogen-bond acceptors (Lipinski definition) is 3. The minimum absolute atomic E-state index is 0.0455. The second kappa shape index (κ2) is 6.53. The molecule has 4 heteroatoms. The fourth-order valence-corrected chi connectivity index (χ4v) is 7.49. The van der Waals surface area contributed by atoms with Crippen molar-refractivity contribution in [3.63, 3.8) is 0 Å². The van der Waals surface area contributed by atoms with E-state index < -0.39 is 0 Å². The number of likely N-dealkylation sites (N-methyl/N-ethyl adjacent to an activating group) is 1. The molecule has 3 fully saturated rings. The molecule has 0 unspecified atom stereocenters. The van der Waals surface area contributed by atoms with Gasteiger partial charge in [0.1, 0.15) is 0 Å². The molecule has 154 valence electrons. The first-order valence-corrected chi connectivity index (χ1v) is 11.1. The van der Waals surface area contributed by atoms with E-state index in [9.17, 15) is 9.90 Å². The summed E-state index contributed by atoms with van der Waals surface area (Å²) in [5.41, 5.74) is 2.43. The summed E-state index contributed by atoms with van der Waals surface area (Å²) in [6.45, 7) is 4.68. The van der Waals surface area contributed by atoms with Gasteiger partial charge in [-0.15, -0.1) is 0 Å². The Bertz CT molecular complexity index is 878. The molecule has 1 N–H and O–H groups in total. The van der Waals surface area contributed by atoms with Gasteiger partial charge in [-0.1, -0.05) is 32.1 Å². The van der Waals surface area contributed by atoms with Crippen molar-refractivity contribution in [2.24, 2.45) is 28.6 Å². The molecule has 0 radical (unpaired) electrons. The highest BCUT2D eigenvalue weighted by molar-refractivity contribution is 5.89. The molecule has 29 heavy (non-hydrogen) atoms. The molecule has 3 saturated carbocycles. The molecule has 2 heterocycles. The van der Waals surface area contributed by atoms with Crippen molar-refractivity contribution in [1.82, 2.24) is 9.88 Å². The van der Waals surface area contributed by atoms with Gasteiger partial charge in [-0.2, -0.15) is 0 Å². The van der Waals surface area contributed by atoms with Crippen LogP contribution in [0.3, 0.4) is 0 Å². The van der Waals surface area contributed by atoms with Crippen molar-refractivity contribution >= 4 is 12.0 Å². The Morgan fingerprint density at radius 2 is 2.07 bits per heavy atom. The molecule has 7 atom stereocenters. The van der Waals surface area contributed by atoms with Gasteiger partial charge in [-0.3, -0.25) is 9.78 Å². The number of rotatable bonds is 1. The standard InChI is InChI=1S/C25H32N2O2/c1-24-10-8-20-18(19(24)6-7-21(24)28)14-17(13-16-5-4-12-26-15-16)23-25(20,2)11-9-22(29)27(23)3/h4-5,9,11-13,15,18-21,23,28H,6-8,10,14H2,1-3H3/t18-,19-,20-,21-,23+,24-,25+/m0/s1. The number of fused-ring (bicyclic) bond motifs is 5. The van der Waals surface area contributed by atoms with Crippen molar-refractivity contribution in [2.75, 3.05) is 7.05 Å². The van der Waals surface area contributed by atoms with Gasteiger partial charge in [0.15, 0.2) is 0 Å². The number of aromatic nitrogens is 1. The van der Waals surface area contributed by atoms with Crippen LogP contribution in [0.1, 0.15) is 51.5 Å². The highest BCUT2D eigenvalue weighted by Crippen LogP contribution is 2.64. The van der Waals surface area contributed by atoms with Gasteiger partial charge in [0, 0.05) is 24.9 Å². The van der Waals surface area contributed by atoms with Crippen LogP contribution in [0.25, 0.3) is 6.08 Å². The van der Waals surface area contributed by atoms with Gasteiger partial charge in [0.2, 0.25) is 5.91 Å². The van der Waals surface area contributed by atoms with Gasteiger partial charge in [-0.25, -0.2) is 0 Å². The minimum atomic E-state index is -0.170. The summed E-state index contributed by atoms with van der Waals surface area (Å²) in [7, 11) is 1.96. The molecule has 1 aliphatic heterocycles. The van der Waals surface area contributed by atoms with Gasteiger partial charge >= 0.3 is 0 Å². The first-order valence-electron chi connectivity index (χ1n) is 11.1. The third kappa shape index (κ3) is 2.68. The van der Waals surface area contributed by atoms with Crippen LogP contribution >= 0.6 is 0 Å². The molecule has 4 aliphatic rings. The Kier molecular flexibility index (Phi) is 4.29. The normalized spacial score (nSPS) is 45.1. The van der Waals surface area contributed by atoms with Crippen LogP contribution in [0, 0.1) is 28.6 Å². The number of amides is 1. The maximum atomic E-state index is 12.6. The Hall–Kier alpha value is -1.94. The SMILES string of the molecule is CN1C(=O)C=C[C@]2(C)[C@H]3CC[C@]4(C)[C@@H](O)CC[C@H]4[C@@H]3CC(=Cc3cccnc3)[C@@H]12. The number of carbonyl (C=O) groups excluding carboxylic acids is 1. The van der Waals surface area contributed by atoms with Crippen LogP contribution in [-0.2, 0) is 4.79 Å². The summed E-state index contributed by atoms with van der Waals surface area (Å²) in [4.78, 5) is 18.8. The topological polar surface area (TPSA) is 53.4 Å². The Morgan fingerprint density at radius 3 is 2.83 bits per heavy atom. The van der Waals surface area contributed by atoms with Crippen molar-refractivity contribution in [3.05, 3.63) is 47.8 Å². The molecule has 0 bridgehead atoms. The van der Waals surface area contributed by atoms with E-state index in [-0.39, 0.29) is 28.9 Å². The number of hydrogen-bond donors (Lipinski definition) is 1. The lowest BCUT2D eigenvalue weighted by atomic mass is 9.47. The highest BCUT2D eigenvalue weighted by atomic mass is 16.3. The molecule has 0 aromatic carbocycles. The van der Waals surface area contributed by atoms with Crippen LogP contribution in [0.5, 0.6) is 0 Å². The van der Waals surface area contributed by atoms with Crippen LogP contribution in [0.15, 0.2) is 42.3 Å². The number of aliphatic hydroxyl groups is 1. The van der Waals surface area contributed by atoms with E-state index in [1.807, 2.05) is 24.2 Å². The van der Waals surface area contributed by atoms with Crippen LogP contribution < -0.4 is 0 Å². The van der Waals surface area contributed by atoms with Crippen LogP contribution in [0.4, 0.5) is 0 Å². The molecule has 1 amide bonds. The summed E-state index contributed by atoms with van der Waals surface area (Å²) < 4.78 is 0. The van der Waals surface area contributed by atoms with Crippen molar-refractivity contribution in [3.8, 4) is 0 Å². The van der Waals surface area contributed by atoms with Gasteiger partial charge < -0.3 is 10.0 Å². The fraction of sp³-hybridized carbons (Fsp3) is 0.600. The van der Waals surface area contributed by atoms with Crippen molar-refractivity contribution < 1.29 is 9.90 Å². The number of aliphatic hydroxyl groups excluding tert-OH is 1. The molecule has 1 aromatic rings. The summed E-state index contributed by atoms with van der Waals surface area (Å²) in [6, 6.07) is 4.16. The Morgan fingerprint density at radius 1 is 1.24 bits per heavy atom. The van der Waals surface area contributed by atoms with E-state index in [1.54, 1.807) is 12.3 Å². The smallest absolute Gasteiger partial charge is 0.246 e. The molecular weight excluding hydrogens is 360 g/mol. The second-order valence-electron chi connectivity index (χ2n) is 10.3. The molecular formula is C25H32N2O2. The third-order valence-electron chi connectivity index (χ3n) is 8.95. The molecule has 4 nitrogen and oxygen atoms in total. The number of carbonyl (C=O) groups is 1. The summed E-state index contributed by atoms with van der Waals surface area (Å²) in [6.07, 6.45) is 15.1. The van der Waals surface area contributed by atoms with Crippen molar-refractivity contribution in [2.45, 2.75) is 58.1 Å². The van der Waals surface area contributed by atoms with Gasteiger partial charge in [0.25, 0.3) is 0 Å². The van der Waals surface area contributed by atoms with E-state index >= 15 is 0 Å². The molecule has 5 rings (SSSR count). The first-order chi connectivity index (χ1) is 13.8. The number of pyridine rings is 1. The lowest BCUT2D eigenvalue weighted by Gasteiger charge is -2.60. The predicted octanol–water partition coefficient (Wildman–Crippen LogP) is 4.08. The zero-order chi connectivity index (χ0) is 20.4. The Labute approximate surface area is 173 Å². The highest BCUT2D eigenvalue weighted by Gasteiger charge is 2.61. The zero-order valence-corrected chi connectivity index (χ0v) is 17.7. The molecule has 0 saturated heterocycles. The minimum Gasteiger partial charge on any atom is -0.393 e. The van der Waals surface area contributed by atoms with E-state index in [2.05, 4.69) is 37.0 Å². The lowest BCUT2D eigenvalue weighted by Crippen LogP contribution is -2.60. The van der Waals surface area contributed by atoms with Crippen LogP contribution in [0.2, 0.25) is 0 Å². The molecule has 1 aromatic heterocycles. The van der Waals surface area contributed by atoms with E-state index in [1.165, 1.54) is 5.57 Å². The van der Waals surface area contributed by atoms with Gasteiger partial charge in [0.05, 0.1) is 12.1 Å². The first kappa shape index (κ1) is 19.0. The third-order valence-corrected chi connectivity index (χ3v) is 8.95. The van der Waals surface area contributed by atoms with E-state index in [0.717, 1.165) is 37.7 Å². The molecule has 3 aliphatic carbocycles. The van der Waals surface area contributed by atoms with Crippen LogP contribution in [-0.4, -0.2) is 40.1 Å².